The number of ether oxygens (including phenoxy) is 4. The van der Waals surface area contributed by atoms with Crippen LogP contribution in [0.15, 0.2) is 47.4 Å². The van der Waals surface area contributed by atoms with Gasteiger partial charge in [-0.15, -0.1) is 0 Å². The summed E-state index contributed by atoms with van der Waals surface area (Å²) in [5, 5.41) is 0. The number of carbonyl (C=O) groups is 1. The Kier molecular flexibility index (Phi) is 7.89. The summed E-state index contributed by atoms with van der Waals surface area (Å²) >= 11 is 0. The van der Waals surface area contributed by atoms with E-state index in [4.69, 9.17) is 18.9 Å². The molecule has 9 heteroatoms. The fourth-order valence-corrected chi connectivity index (χ4v) is 4.75. The Balaban J connectivity index is 1.65. The van der Waals surface area contributed by atoms with Crippen LogP contribution in [0.25, 0.3) is 0 Å². The van der Waals surface area contributed by atoms with Crippen LogP contribution < -0.4 is 9.47 Å². The Hall–Kier alpha value is -2.62. The van der Waals surface area contributed by atoms with Crippen LogP contribution in [0.5, 0.6) is 11.5 Å². The molecule has 0 aliphatic carbocycles. The molecule has 0 unspecified atom stereocenters. The van der Waals surface area contributed by atoms with Crippen molar-refractivity contribution in [3.8, 4) is 11.5 Å². The zero-order valence-electron chi connectivity index (χ0n) is 17.7. The number of morpholine rings is 1. The van der Waals surface area contributed by atoms with Gasteiger partial charge < -0.3 is 18.9 Å². The van der Waals surface area contributed by atoms with Crippen LogP contribution >= 0.6 is 0 Å². The van der Waals surface area contributed by atoms with Gasteiger partial charge in [-0.1, -0.05) is 19.1 Å². The first-order chi connectivity index (χ1) is 15.0. The second-order valence-electron chi connectivity index (χ2n) is 6.87. The maximum Gasteiger partial charge on any atom is 0.338 e. The van der Waals surface area contributed by atoms with Gasteiger partial charge in [-0.3, -0.25) is 0 Å². The number of rotatable bonds is 9. The summed E-state index contributed by atoms with van der Waals surface area (Å²) in [5.74, 6) is 0.243. The number of esters is 1. The molecule has 2 aromatic rings. The number of hydrogen-bond acceptors (Lipinski definition) is 7. The van der Waals surface area contributed by atoms with E-state index in [2.05, 4.69) is 6.92 Å². The Morgan fingerprint density at radius 1 is 1.10 bits per heavy atom. The van der Waals surface area contributed by atoms with E-state index in [1.165, 1.54) is 29.6 Å². The second-order valence-corrected chi connectivity index (χ2v) is 8.77. The molecule has 0 saturated carbocycles. The Morgan fingerprint density at radius 3 is 2.58 bits per heavy atom. The van der Waals surface area contributed by atoms with E-state index in [0.29, 0.717) is 19.0 Å². The first kappa shape index (κ1) is 23.1. The molecule has 2 aromatic carbocycles. The predicted octanol–water partition coefficient (Wildman–Crippen LogP) is 2.51. The van der Waals surface area contributed by atoms with Gasteiger partial charge in [-0.2, -0.15) is 4.31 Å². The summed E-state index contributed by atoms with van der Waals surface area (Å²) < 4.78 is 48.7. The molecule has 1 aliphatic heterocycles. The largest absolute Gasteiger partial charge is 0.495 e. The molecule has 0 aromatic heterocycles. The minimum atomic E-state index is -3.83. The van der Waals surface area contributed by atoms with E-state index in [1.807, 2.05) is 24.3 Å². The smallest absolute Gasteiger partial charge is 0.338 e. The Bertz CT molecular complexity index is 1000. The van der Waals surface area contributed by atoms with Crippen molar-refractivity contribution in [2.45, 2.75) is 18.2 Å². The molecule has 0 spiro atoms. The minimum Gasteiger partial charge on any atom is -0.495 e. The fourth-order valence-electron chi connectivity index (χ4n) is 3.16. The molecule has 0 amide bonds. The lowest BCUT2D eigenvalue weighted by Crippen LogP contribution is -2.40. The van der Waals surface area contributed by atoms with Crippen molar-refractivity contribution in [1.29, 1.82) is 0 Å². The molecule has 168 valence electrons. The normalized spacial score (nSPS) is 14.8. The van der Waals surface area contributed by atoms with Crippen molar-refractivity contribution in [3.05, 3.63) is 53.6 Å². The van der Waals surface area contributed by atoms with E-state index in [1.54, 1.807) is 0 Å². The van der Waals surface area contributed by atoms with Gasteiger partial charge in [0.1, 0.15) is 29.6 Å². The van der Waals surface area contributed by atoms with Crippen molar-refractivity contribution in [3.63, 3.8) is 0 Å². The molecular weight excluding hydrogens is 422 g/mol. The molecule has 8 nitrogen and oxygen atoms in total. The second kappa shape index (κ2) is 10.6. The van der Waals surface area contributed by atoms with Gasteiger partial charge in [0.05, 0.1) is 25.9 Å². The summed E-state index contributed by atoms with van der Waals surface area (Å²) in [4.78, 5) is 12.4. The maximum absolute atomic E-state index is 13.0. The van der Waals surface area contributed by atoms with Gasteiger partial charge in [0, 0.05) is 13.1 Å². The lowest BCUT2D eigenvalue weighted by Gasteiger charge is -2.26. The first-order valence-electron chi connectivity index (χ1n) is 10.1. The van der Waals surface area contributed by atoms with Gasteiger partial charge >= 0.3 is 5.97 Å². The van der Waals surface area contributed by atoms with Crippen molar-refractivity contribution in [1.82, 2.24) is 4.31 Å². The summed E-state index contributed by atoms with van der Waals surface area (Å²) in [6, 6.07) is 11.9. The molecule has 3 rings (SSSR count). The molecule has 1 saturated heterocycles. The highest BCUT2D eigenvalue weighted by atomic mass is 32.2. The number of sulfonamides is 1. The zero-order valence-corrected chi connectivity index (χ0v) is 18.5. The van der Waals surface area contributed by atoms with E-state index >= 15 is 0 Å². The van der Waals surface area contributed by atoms with Crippen molar-refractivity contribution >= 4 is 16.0 Å². The van der Waals surface area contributed by atoms with E-state index in [-0.39, 0.29) is 42.5 Å². The summed E-state index contributed by atoms with van der Waals surface area (Å²) in [6.45, 7) is 3.42. The van der Waals surface area contributed by atoms with Crippen LogP contribution in [0, 0.1) is 0 Å². The summed E-state index contributed by atoms with van der Waals surface area (Å²) in [5.41, 5.74) is 1.28. The average molecular weight is 450 g/mol. The van der Waals surface area contributed by atoms with Crippen molar-refractivity contribution < 1.29 is 32.2 Å². The maximum atomic E-state index is 13.0. The minimum absolute atomic E-state index is 0.0345. The van der Waals surface area contributed by atoms with Crippen LogP contribution in [-0.2, 0) is 25.9 Å². The lowest BCUT2D eigenvalue weighted by molar-refractivity contribution is 0.0450. The predicted molar refractivity (Wildman–Crippen MR) is 114 cm³/mol. The van der Waals surface area contributed by atoms with E-state index in [9.17, 15) is 13.2 Å². The van der Waals surface area contributed by atoms with Crippen molar-refractivity contribution in [2.75, 3.05) is 46.6 Å². The van der Waals surface area contributed by atoms with Crippen LogP contribution in [-0.4, -0.2) is 65.3 Å². The molecule has 0 N–H and O–H groups in total. The van der Waals surface area contributed by atoms with Gasteiger partial charge in [0.15, 0.2) is 0 Å². The van der Waals surface area contributed by atoms with E-state index in [0.717, 1.165) is 12.0 Å². The number of hydrogen-bond donors (Lipinski definition) is 0. The third kappa shape index (κ3) is 5.75. The Morgan fingerprint density at radius 2 is 1.87 bits per heavy atom. The average Bonchev–Trinajstić information content (AvgIpc) is 2.82. The van der Waals surface area contributed by atoms with Crippen LogP contribution in [0.1, 0.15) is 22.8 Å². The zero-order chi connectivity index (χ0) is 22.3. The highest BCUT2D eigenvalue weighted by Gasteiger charge is 2.30. The highest BCUT2D eigenvalue weighted by Crippen LogP contribution is 2.28. The monoisotopic (exact) mass is 449 g/mol. The molecular formula is C22H27NO7S. The topological polar surface area (TPSA) is 91.4 Å². The lowest BCUT2D eigenvalue weighted by atomic mass is 10.2. The number of nitrogens with zero attached hydrogens (tertiary/aromatic N) is 1. The fraction of sp³-hybridized carbons (Fsp3) is 0.409. The molecule has 0 radical (unpaired) electrons. The standard InChI is InChI=1S/C22H27NO7S/c1-3-17-5-4-6-19(15-17)29-13-14-30-22(24)18-7-8-20(27-2)21(16-18)31(25,26)23-9-11-28-12-10-23/h4-8,15-16H,3,9-14H2,1-2H3. The SMILES string of the molecule is CCc1cccc(OCCOC(=O)c2ccc(OC)c(S(=O)(=O)N3CCOCC3)c2)c1. The molecule has 1 fully saturated rings. The Labute approximate surface area is 182 Å². The first-order valence-corrected chi connectivity index (χ1v) is 11.5. The number of benzene rings is 2. The molecule has 1 heterocycles. The molecule has 31 heavy (non-hydrogen) atoms. The van der Waals surface area contributed by atoms with Gasteiger partial charge in [-0.25, -0.2) is 13.2 Å². The quantitative estimate of drug-likeness (QED) is 0.429. The highest BCUT2D eigenvalue weighted by molar-refractivity contribution is 7.89. The van der Waals surface area contributed by atoms with Gasteiger partial charge in [-0.05, 0) is 42.3 Å². The van der Waals surface area contributed by atoms with E-state index < -0.39 is 16.0 Å². The third-order valence-corrected chi connectivity index (χ3v) is 6.80. The van der Waals surface area contributed by atoms with Gasteiger partial charge in [0.2, 0.25) is 10.0 Å². The summed E-state index contributed by atoms with van der Waals surface area (Å²) in [7, 11) is -2.45. The molecule has 0 atom stereocenters. The number of aryl methyl sites for hydroxylation is 1. The van der Waals surface area contributed by atoms with Crippen LogP contribution in [0.3, 0.4) is 0 Å². The van der Waals surface area contributed by atoms with Crippen molar-refractivity contribution in [2.24, 2.45) is 0 Å². The van der Waals surface area contributed by atoms with Crippen LogP contribution in [0.2, 0.25) is 0 Å². The molecule has 0 bridgehead atoms. The van der Waals surface area contributed by atoms with Gasteiger partial charge in [0.25, 0.3) is 0 Å². The third-order valence-electron chi connectivity index (χ3n) is 4.88. The van der Waals surface area contributed by atoms with Crippen LogP contribution in [0.4, 0.5) is 0 Å². The number of methoxy groups -OCH3 is 1. The number of carbonyl (C=O) groups excluding carboxylic acids is 1. The molecule has 1 aliphatic rings. The summed E-state index contributed by atoms with van der Waals surface area (Å²) in [6.07, 6.45) is 0.902.